The highest BCUT2D eigenvalue weighted by molar-refractivity contribution is 5.78. The van der Waals surface area contributed by atoms with Crippen molar-refractivity contribution < 1.29 is 14.5 Å². The molecule has 0 heterocycles. The van der Waals surface area contributed by atoms with Gasteiger partial charge in [-0.05, 0) is 30.2 Å². The van der Waals surface area contributed by atoms with Crippen LogP contribution in [0.1, 0.15) is 22.7 Å². The number of amides is 1. The molecule has 1 unspecified atom stereocenters. The smallest absolute Gasteiger partial charge is 0.269 e. The molecule has 28 heavy (non-hydrogen) atoms. The standard InChI is InChI=1S/C22H20N2O4/c1-16-7-9-18(10-8-16)22(17-5-3-2-4-6-17)23-21(25)15-28-20-13-11-19(12-14-20)24(26)27/h2-14,22H,15H2,1H3,(H,23,25). The number of nitrogens with one attached hydrogen (secondary N) is 1. The molecule has 6 nitrogen and oxygen atoms in total. The van der Waals surface area contributed by atoms with Crippen LogP contribution < -0.4 is 10.1 Å². The highest BCUT2D eigenvalue weighted by Gasteiger charge is 2.17. The molecule has 0 aliphatic heterocycles. The number of nitro groups is 1. The summed E-state index contributed by atoms with van der Waals surface area (Å²) in [6.07, 6.45) is 0. The van der Waals surface area contributed by atoms with Crippen molar-refractivity contribution in [2.24, 2.45) is 0 Å². The van der Waals surface area contributed by atoms with Crippen LogP contribution in [0.2, 0.25) is 0 Å². The molecular weight excluding hydrogens is 356 g/mol. The molecule has 0 bridgehead atoms. The largest absolute Gasteiger partial charge is 0.484 e. The molecule has 0 saturated carbocycles. The summed E-state index contributed by atoms with van der Waals surface area (Å²) in [6.45, 7) is 1.82. The summed E-state index contributed by atoms with van der Waals surface area (Å²) in [7, 11) is 0. The van der Waals surface area contributed by atoms with E-state index in [4.69, 9.17) is 4.74 Å². The maximum atomic E-state index is 12.5. The third-order valence-corrected chi connectivity index (χ3v) is 4.27. The summed E-state index contributed by atoms with van der Waals surface area (Å²) >= 11 is 0. The van der Waals surface area contributed by atoms with Crippen molar-refractivity contribution in [3.8, 4) is 5.75 Å². The van der Waals surface area contributed by atoms with Gasteiger partial charge in [-0.1, -0.05) is 60.2 Å². The van der Waals surface area contributed by atoms with Gasteiger partial charge in [-0.2, -0.15) is 0 Å². The SMILES string of the molecule is Cc1ccc(C(NC(=O)COc2ccc([N+](=O)[O-])cc2)c2ccccc2)cc1. The van der Waals surface area contributed by atoms with Crippen LogP contribution in [0, 0.1) is 17.0 Å². The average molecular weight is 376 g/mol. The number of carbonyl (C=O) groups excluding carboxylic acids is 1. The number of carbonyl (C=O) groups is 1. The Morgan fingerprint density at radius 2 is 1.57 bits per heavy atom. The number of nitrogens with zero attached hydrogens (tertiary/aromatic N) is 1. The molecule has 0 spiro atoms. The minimum Gasteiger partial charge on any atom is -0.484 e. The zero-order valence-corrected chi connectivity index (χ0v) is 15.4. The Hall–Kier alpha value is -3.67. The van der Waals surface area contributed by atoms with Crippen LogP contribution in [0.3, 0.4) is 0 Å². The van der Waals surface area contributed by atoms with Crippen molar-refractivity contribution in [3.05, 3.63) is 106 Å². The first-order chi connectivity index (χ1) is 13.5. The van der Waals surface area contributed by atoms with Crippen LogP contribution in [0.4, 0.5) is 5.69 Å². The third kappa shape index (κ3) is 4.94. The molecule has 0 aliphatic carbocycles. The number of benzene rings is 3. The Labute approximate surface area is 162 Å². The zero-order valence-electron chi connectivity index (χ0n) is 15.4. The molecule has 0 fully saturated rings. The minimum atomic E-state index is -0.484. The van der Waals surface area contributed by atoms with Crippen molar-refractivity contribution >= 4 is 11.6 Å². The summed E-state index contributed by atoms with van der Waals surface area (Å²) in [6, 6.07) is 23.0. The molecule has 1 atom stereocenters. The number of non-ortho nitro benzene ring substituents is 1. The Kier molecular flexibility index (Phi) is 6.01. The van der Waals surface area contributed by atoms with Crippen LogP contribution in [0.15, 0.2) is 78.9 Å². The molecule has 0 aromatic heterocycles. The summed E-state index contributed by atoms with van der Waals surface area (Å²) in [5.74, 6) is 0.111. The van der Waals surface area contributed by atoms with Crippen LogP contribution in [0.25, 0.3) is 0 Å². The monoisotopic (exact) mass is 376 g/mol. The van der Waals surface area contributed by atoms with Gasteiger partial charge in [0, 0.05) is 12.1 Å². The minimum absolute atomic E-state index is 0.0275. The van der Waals surface area contributed by atoms with E-state index in [1.165, 1.54) is 24.3 Å². The van der Waals surface area contributed by atoms with Gasteiger partial charge in [0.05, 0.1) is 11.0 Å². The van der Waals surface area contributed by atoms with Gasteiger partial charge in [-0.15, -0.1) is 0 Å². The van der Waals surface area contributed by atoms with Gasteiger partial charge >= 0.3 is 0 Å². The van der Waals surface area contributed by atoms with E-state index in [0.717, 1.165) is 16.7 Å². The molecule has 3 aromatic rings. The highest BCUT2D eigenvalue weighted by atomic mass is 16.6. The number of hydrogen-bond acceptors (Lipinski definition) is 4. The van der Waals surface area contributed by atoms with E-state index in [9.17, 15) is 14.9 Å². The fourth-order valence-corrected chi connectivity index (χ4v) is 2.78. The predicted molar refractivity (Wildman–Crippen MR) is 106 cm³/mol. The first-order valence-electron chi connectivity index (χ1n) is 8.81. The van der Waals surface area contributed by atoms with Gasteiger partial charge in [0.2, 0.25) is 0 Å². The van der Waals surface area contributed by atoms with Crippen molar-refractivity contribution in [2.75, 3.05) is 6.61 Å². The molecule has 1 N–H and O–H groups in total. The molecule has 1 amide bonds. The van der Waals surface area contributed by atoms with Crippen molar-refractivity contribution in [2.45, 2.75) is 13.0 Å². The number of hydrogen-bond donors (Lipinski definition) is 1. The van der Waals surface area contributed by atoms with Crippen molar-refractivity contribution in [1.29, 1.82) is 0 Å². The fourth-order valence-electron chi connectivity index (χ4n) is 2.78. The maximum absolute atomic E-state index is 12.5. The van der Waals surface area contributed by atoms with Gasteiger partial charge < -0.3 is 10.1 Å². The van der Waals surface area contributed by atoms with E-state index < -0.39 is 4.92 Å². The molecule has 0 radical (unpaired) electrons. The number of aryl methyl sites for hydroxylation is 1. The Balaban J connectivity index is 1.69. The number of rotatable bonds is 7. The molecule has 0 saturated heterocycles. The summed E-state index contributed by atoms with van der Waals surface area (Å²) < 4.78 is 5.46. The highest BCUT2D eigenvalue weighted by Crippen LogP contribution is 2.22. The van der Waals surface area contributed by atoms with Crippen molar-refractivity contribution in [1.82, 2.24) is 5.32 Å². The van der Waals surface area contributed by atoms with Gasteiger partial charge in [-0.3, -0.25) is 14.9 Å². The normalized spacial score (nSPS) is 11.5. The summed E-state index contributed by atoms with van der Waals surface area (Å²) in [5.41, 5.74) is 3.05. The van der Waals surface area contributed by atoms with Crippen LogP contribution in [-0.2, 0) is 4.79 Å². The van der Waals surface area contributed by atoms with E-state index in [-0.39, 0.29) is 24.2 Å². The van der Waals surface area contributed by atoms with Crippen LogP contribution in [-0.4, -0.2) is 17.4 Å². The lowest BCUT2D eigenvalue weighted by Crippen LogP contribution is -2.33. The molecule has 6 heteroatoms. The second-order valence-corrected chi connectivity index (χ2v) is 6.36. The van der Waals surface area contributed by atoms with E-state index in [1.807, 2.05) is 61.5 Å². The number of nitro benzene ring substituents is 1. The Morgan fingerprint density at radius 1 is 0.964 bits per heavy atom. The molecule has 0 aliphatic rings. The predicted octanol–water partition coefficient (Wildman–Crippen LogP) is 4.19. The number of ether oxygens (including phenoxy) is 1. The van der Waals surface area contributed by atoms with Gasteiger partial charge in [0.1, 0.15) is 5.75 Å². The summed E-state index contributed by atoms with van der Waals surface area (Å²) in [5, 5.41) is 13.7. The van der Waals surface area contributed by atoms with E-state index in [1.54, 1.807) is 0 Å². The maximum Gasteiger partial charge on any atom is 0.269 e. The zero-order chi connectivity index (χ0) is 19.9. The van der Waals surface area contributed by atoms with Crippen LogP contribution in [0.5, 0.6) is 5.75 Å². The van der Waals surface area contributed by atoms with Crippen molar-refractivity contribution in [3.63, 3.8) is 0 Å². The fraction of sp³-hybridized carbons (Fsp3) is 0.136. The van der Waals surface area contributed by atoms with Gasteiger partial charge in [0.15, 0.2) is 6.61 Å². The van der Waals surface area contributed by atoms with E-state index in [2.05, 4.69) is 5.32 Å². The van der Waals surface area contributed by atoms with Gasteiger partial charge in [-0.25, -0.2) is 0 Å². The van der Waals surface area contributed by atoms with Gasteiger partial charge in [0.25, 0.3) is 11.6 Å². The Morgan fingerprint density at radius 3 is 2.18 bits per heavy atom. The first-order valence-corrected chi connectivity index (χ1v) is 8.81. The third-order valence-electron chi connectivity index (χ3n) is 4.27. The average Bonchev–Trinajstić information content (AvgIpc) is 2.72. The van der Waals surface area contributed by atoms with Crippen LogP contribution >= 0.6 is 0 Å². The van der Waals surface area contributed by atoms with E-state index >= 15 is 0 Å². The second kappa shape index (κ2) is 8.81. The molecule has 142 valence electrons. The molecular formula is C22H20N2O4. The quantitative estimate of drug-likeness (QED) is 0.495. The molecule has 3 rings (SSSR count). The lowest BCUT2D eigenvalue weighted by molar-refractivity contribution is -0.384. The lowest BCUT2D eigenvalue weighted by atomic mass is 9.98. The topological polar surface area (TPSA) is 81.5 Å². The Bertz CT molecular complexity index is 939. The summed E-state index contributed by atoms with van der Waals surface area (Å²) in [4.78, 5) is 22.7. The van der Waals surface area contributed by atoms with E-state index in [0.29, 0.717) is 5.75 Å². The second-order valence-electron chi connectivity index (χ2n) is 6.36. The first kappa shape index (κ1) is 19.1. The lowest BCUT2D eigenvalue weighted by Gasteiger charge is -2.20. The molecule has 3 aromatic carbocycles.